The van der Waals surface area contributed by atoms with E-state index in [2.05, 4.69) is 240 Å². The monoisotopic (exact) mass is 950 g/mol. The highest BCUT2D eigenvalue weighted by molar-refractivity contribution is 7.85. The normalized spacial score (nSPS) is 15.6. The van der Waals surface area contributed by atoms with E-state index < -0.39 is 18.0 Å². The van der Waals surface area contributed by atoms with Gasteiger partial charge in [-0.2, -0.15) is 0 Å². The van der Waals surface area contributed by atoms with Gasteiger partial charge in [0.05, 0.1) is 44.2 Å². The molecule has 342 valence electrons. The summed E-state index contributed by atoms with van der Waals surface area (Å²) in [5.41, 5.74) is 20.2. The minimum Gasteiger partial charge on any atom is -0.456 e. The molecule has 0 bridgehead atoms. The van der Waals surface area contributed by atoms with Gasteiger partial charge in [-0.1, -0.05) is 200 Å². The molecule has 4 nitrogen and oxygen atoms in total. The Morgan fingerprint density at radius 1 is 0.301 bits per heavy atom. The lowest BCUT2D eigenvalue weighted by atomic mass is 9.64. The van der Waals surface area contributed by atoms with Gasteiger partial charge in [-0.15, -0.1) is 0 Å². The van der Waals surface area contributed by atoms with E-state index in [4.69, 9.17) is 4.74 Å². The number of hydrogen-bond donors (Lipinski definition) is 0. The average Bonchev–Trinajstić information content (AvgIpc) is 3.92. The molecule has 0 saturated carbocycles. The van der Waals surface area contributed by atoms with Crippen LogP contribution in [0.5, 0.6) is 11.5 Å². The van der Waals surface area contributed by atoms with Crippen molar-refractivity contribution < 1.29 is 9.30 Å². The van der Waals surface area contributed by atoms with Gasteiger partial charge < -0.3 is 19.1 Å². The lowest BCUT2D eigenvalue weighted by Gasteiger charge is -2.45. The third-order valence-corrected chi connectivity index (χ3v) is 19.6. The molecular weight excluding hydrogens is 908 g/mol. The minimum absolute atomic E-state index is 0.532. The van der Waals surface area contributed by atoms with E-state index in [1.54, 1.807) is 0 Å². The second-order valence-corrected chi connectivity index (χ2v) is 22.5. The number of hydrogen-bond acceptors (Lipinski definition) is 4. The van der Waals surface area contributed by atoms with Crippen LogP contribution in [0.4, 0.5) is 34.1 Å². The highest BCUT2D eigenvalue weighted by Crippen LogP contribution is 2.66. The molecule has 0 amide bonds. The second-order valence-electron chi connectivity index (χ2n) is 19.8. The van der Waals surface area contributed by atoms with Crippen molar-refractivity contribution in [2.45, 2.75) is 10.8 Å². The van der Waals surface area contributed by atoms with Crippen LogP contribution < -0.4 is 30.5 Å². The van der Waals surface area contributed by atoms with E-state index in [0.29, 0.717) is 22.1 Å². The first-order valence-corrected chi connectivity index (χ1v) is 26.8. The molecule has 3 heterocycles. The van der Waals surface area contributed by atoms with Gasteiger partial charge in [0.15, 0.2) is 7.14 Å². The highest BCUT2D eigenvalue weighted by Gasteiger charge is 2.53. The van der Waals surface area contributed by atoms with E-state index in [1.807, 2.05) is 30.3 Å². The number of anilines is 6. The zero-order valence-corrected chi connectivity index (χ0v) is 40.4. The molecule has 0 N–H and O–H groups in total. The first-order valence-electron chi connectivity index (χ1n) is 25.1. The Kier molecular flexibility index (Phi) is 8.26. The van der Waals surface area contributed by atoms with Gasteiger partial charge >= 0.3 is 0 Å². The molecule has 5 heteroatoms. The number of benzene rings is 11. The van der Waals surface area contributed by atoms with Crippen molar-refractivity contribution in [3.05, 3.63) is 305 Å². The minimum atomic E-state index is -3.48. The Balaban J connectivity index is 0.881. The third kappa shape index (κ3) is 5.08. The summed E-state index contributed by atoms with van der Waals surface area (Å²) in [5.74, 6) is 1.16. The molecule has 11 aromatic carbocycles. The van der Waals surface area contributed by atoms with E-state index >= 15 is 4.57 Å². The van der Waals surface area contributed by atoms with Crippen LogP contribution in [0.3, 0.4) is 0 Å². The van der Waals surface area contributed by atoms with E-state index in [9.17, 15) is 0 Å². The van der Waals surface area contributed by atoms with Gasteiger partial charge in [0.25, 0.3) is 0 Å². The fourth-order valence-corrected chi connectivity index (χ4v) is 16.6. The zero-order valence-electron chi connectivity index (χ0n) is 39.5. The van der Waals surface area contributed by atoms with E-state index in [-0.39, 0.29) is 0 Å². The summed E-state index contributed by atoms with van der Waals surface area (Å²) in [4.78, 5) is 4.75. The molecule has 2 aliphatic carbocycles. The summed E-state index contributed by atoms with van der Waals surface area (Å²) in [6, 6.07) is 93.6. The SMILES string of the molecule is O=P1(c2ccccc2)c2ccc(N3c4ccccc4C4(c5ccccc5-c5ccccc54)c4ccccc43)cc2Oc2cc(N3c4ccccc4C4(c5ccccc5-c5ccccc54)c4ccccc43)ccc21. The number of ether oxygens (including phenoxy) is 1. The summed E-state index contributed by atoms with van der Waals surface area (Å²) < 4.78 is 23.8. The molecule has 2 spiro atoms. The summed E-state index contributed by atoms with van der Waals surface area (Å²) >= 11 is 0. The first-order chi connectivity index (χ1) is 36.1. The lowest BCUT2D eigenvalue weighted by Crippen LogP contribution is -2.36. The van der Waals surface area contributed by atoms with Crippen LogP contribution >= 0.6 is 7.14 Å². The highest BCUT2D eigenvalue weighted by atomic mass is 31.2. The number of nitrogens with zero attached hydrogens (tertiary/aromatic N) is 2. The summed E-state index contributed by atoms with van der Waals surface area (Å²) in [6.45, 7) is 0. The average molecular weight is 951 g/mol. The lowest BCUT2D eigenvalue weighted by molar-refractivity contribution is 0.485. The largest absolute Gasteiger partial charge is 0.456 e. The Hall–Kier alpha value is -8.95. The molecule has 0 aromatic heterocycles. The summed E-state index contributed by atoms with van der Waals surface area (Å²) in [5, 5.41) is 2.14. The van der Waals surface area contributed by atoms with Crippen molar-refractivity contribution >= 4 is 57.2 Å². The van der Waals surface area contributed by atoms with E-state index in [1.165, 1.54) is 66.8 Å². The van der Waals surface area contributed by atoms with Gasteiger partial charge in [-0.3, -0.25) is 0 Å². The van der Waals surface area contributed by atoms with Crippen LogP contribution in [-0.2, 0) is 15.4 Å². The van der Waals surface area contributed by atoms with Crippen molar-refractivity contribution in [3.63, 3.8) is 0 Å². The molecule has 0 radical (unpaired) electrons. The number of para-hydroxylation sites is 4. The topological polar surface area (TPSA) is 32.8 Å². The van der Waals surface area contributed by atoms with Crippen molar-refractivity contribution in [1.29, 1.82) is 0 Å². The van der Waals surface area contributed by atoms with Crippen molar-refractivity contribution in [2.75, 3.05) is 9.80 Å². The van der Waals surface area contributed by atoms with Gasteiger partial charge in [0.1, 0.15) is 11.5 Å². The van der Waals surface area contributed by atoms with Crippen LogP contribution in [0.15, 0.2) is 261 Å². The molecule has 0 saturated heterocycles. The maximum absolute atomic E-state index is 16.5. The standard InChI is InChI=1S/C68H43N2O2P/c71-73(46-20-2-1-3-21-46)65-40-38-44(69-59-34-16-12-30-55(59)67(56-31-13-17-35-60(56)69)51-26-8-4-22-47(51)48-23-5-9-27-52(48)67)42-63(65)72-64-43-45(39-41-66(64)73)70-61-36-18-14-32-57(61)68(58-33-15-19-37-62(58)70)53-28-10-6-24-49(53)50-25-7-11-29-54(50)68/h1-43H. The fourth-order valence-electron chi connectivity index (χ4n) is 13.8. The van der Waals surface area contributed by atoms with Crippen LogP contribution in [0, 0.1) is 0 Å². The maximum atomic E-state index is 16.5. The molecule has 73 heavy (non-hydrogen) atoms. The molecule has 16 rings (SSSR count). The summed E-state index contributed by atoms with van der Waals surface area (Å²) in [7, 11) is -3.48. The molecule has 0 atom stereocenters. The van der Waals surface area contributed by atoms with Crippen molar-refractivity contribution in [1.82, 2.24) is 0 Å². The Morgan fingerprint density at radius 2 is 0.589 bits per heavy atom. The van der Waals surface area contributed by atoms with Gasteiger partial charge in [0, 0.05) is 28.8 Å². The predicted octanol–water partition coefficient (Wildman–Crippen LogP) is 15.7. The maximum Gasteiger partial charge on any atom is 0.178 e. The summed E-state index contributed by atoms with van der Waals surface area (Å²) in [6.07, 6.45) is 0. The number of rotatable bonds is 3. The van der Waals surface area contributed by atoms with E-state index in [0.717, 1.165) is 39.4 Å². The second kappa shape index (κ2) is 14.8. The van der Waals surface area contributed by atoms with Crippen LogP contribution in [-0.4, -0.2) is 0 Å². The van der Waals surface area contributed by atoms with Crippen molar-refractivity contribution in [3.8, 4) is 33.8 Å². The number of fused-ring (bicyclic) bond motifs is 20. The zero-order chi connectivity index (χ0) is 48.0. The van der Waals surface area contributed by atoms with Gasteiger partial charge in [0.2, 0.25) is 0 Å². The molecule has 5 aliphatic rings. The molecular formula is C68H43N2O2P. The first kappa shape index (κ1) is 40.7. The molecule has 0 unspecified atom stereocenters. The predicted molar refractivity (Wildman–Crippen MR) is 297 cm³/mol. The third-order valence-electron chi connectivity index (χ3n) is 16.5. The Labute approximate surface area is 424 Å². The van der Waals surface area contributed by atoms with Crippen LogP contribution in [0.25, 0.3) is 22.3 Å². The van der Waals surface area contributed by atoms with Crippen LogP contribution in [0.2, 0.25) is 0 Å². The quantitative estimate of drug-likeness (QED) is 0.165. The molecule has 0 fully saturated rings. The van der Waals surface area contributed by atoms with Gasteiger partial charge in [-0.25, -0.2) is 0 Å². The molecule has 11 aromatic rings. The smallest absolute Gasteiger partial charge is 0.178 e. The van der Waals surface area contributed by atoms with Crippen LogP contribution in [0.1, 0.15) is 44.5 Å². The van der Waals surface area contributed by atoms with Crippen molar-refractivity contribution in [2.24, 2.45) is 0 Å². The fraction of sp³-hybridized carbons (Fsp3) is 0.0294. The Bertz CT molecular complexity index is 3780. The Morgan fingerprint density at radius 3 is 0.932 bits per heavy atom. The molecule has 3 aliphatic heterocycles. The van der Waals surface area contributed by atoms with Gasteiger partial charge in [-0.05, 0) is 115 Å².